The van der Waals surface area contributed by atoms with Gasteiger partial charge >= 0.3 is 0 Å². The molecule has 1 heterocycles. The van der Waals surface area contributed by atoms with Crippen molar-refractivity contribution >= 4 is 16.8 Å². The lowest BCUT2D eigenvalue weighted by atomic mass is 9.86. The van der Waals surface area contributed by atoms with Gasteiger partial charge in [0.15, 0.2) is 5.78 Å². The van der Waals surface area contributed by atoms with Gasteiger partial charge in [0.05, 0.1) is 17.4 Å². The van der Waals surface area contributed by atoms with Crippen molar-refractivity contribution in [2.45, 2.75) is 20.8 Å². The number of rotatable bonds is 1. The number of ketones is 1. The number of nitrogens with one attached hydrogen (secondary N) is 1. The number of Topliss-reactive ketones (excluding diaryl/α,β-unsaturated/α-hetero) is 1. The number of imidazole rings is 1. The average molecular weight is 202 g/mol. The van der Waals surface area contributed by atoms with E-state index in [9.17, 15) is 4.79 Å². The number of benzene rings is 1. The van der Waals surface area contributed by atoms with Crippen LogP contribution in [0.15, 0.2) is 24.5 Å². The molecule has 0 aliphatic heterocycles. The van der Waals surface area contributed by atoms with Crippen LogP contribution in [0.3, 0.4) is 0 Å². The van der Waals surface area contributed by atoms with E-state index in [1.807, 2.05) is 39.0 Å². The molecular formula is C12H14N2O. The number of carbonyl (C=O) groups excluding carboxylic acids is 1. The van der Waals surface area contributed by atoms with E-state index in [0.29, 0.717) is 0 Å². The number of hydrogen-bond acceptors (Lipinski definition) is 2. The van der Waals surface area contributed by atoms with Crippen molar-refractivity contribution in [1.29, 1.82) is 0 Å². The SMILES string of the molecule is CC(C)(C)C(=O)c1ccc2nc[nH]c2c1. The fourth-order valence-electron chi connectivity index (χ4n) is 1.51. The van der Waals surface area contributed by atoms with Gasteiger partial charge in [-0.05, 0) is 18.2 Å². The number of nitrogens with zero attached hydrogens (tertiary/aromatic N) is 1. The number of fused-ring (bicyclic) bond motifs is 1. The van der Waals surface area contributed by atoms with Gasteiger partial charge in [-0.1, -0.05) is 20.8 Å². The van der Waals surface area contributed by atoms with E-state index in [1.165, 1.54) is 0 Å². The van der Waals surface area contributed by atoms with Gasteiger partial charge in [-0.3, -0.25) is 4.79 Å². The Labute approximate surface area is 88.5 Å². The zero-order valence-corrected chi connectivity index (χ0v) is 9.16. The number of aromatic nitrogens is 2. The van der Waals surface area contributed by atoms with Gasteiger partial charge in [-0.2, -0.15) is 0 Å². The van der Waals surface area contributed by atoms with Crippen molar-refractivity contribution in [3.05, 3.63) is 30.1 Å². The molecule has 2 rings (SSSR count). The van der Waals surface area contributed by atoms with Gasteiger partial charge in [0.1, 0.15) is 0 Å². The highest BCUT2D eigenvalue weighted by atomic mass is 16.1. The maximum atomic E-state index is 12.0. The molecule has 78 valence electrons. The van der Waals surface area contributed by atoms with Crippen molar-refractivity contribution in [3.8, 4) is 0 Å². The van der Waals surface area contributed by atoms with Crippen molar-refractivity contribution in [1.82, 2.24) is 9.97 Å². The Balaban J connectivity index is 2.49. The molecule has 0 bridgehead atoms. The van der Waals surface area contributed by atoms with Crippen LogP contribution in [0, 0.1) is 5.41 Å². The molecule has 3 heteroatoms. The summed E-state index contributed by atoms with van der Waals surface area (Å²) in [6.07, 6.45) is 1.63. The van der Waals surface area contributed by atoms with Crippen LogP contribution < -0.4 is 0 Å². The van der Waals surface area contributed by atoms with Crippen LogP contribution >= 0.6 is 0 Å². The van der Waals surface area contributed by atoms with Crippen LogP contribution in [0.25, 0.3) is 11.0 Å². The van der Waals surface area contributed by atoms with E-state index < -0.39 is 0 Å². The Bertz CT molecular complexity index is 506. The molecular weight excluding hydrogens is 188 g/mol. The molecule has 1 aromatic carbocycles. The first kappa shape index (κ1) is 9.90. The first-order chi connectivity index (χ1) is 6.98. The van der Waals surface area contributed by atoms with E-state index in [-0.39, 0.29) is 11.2 Å². The summed E-state index contributed by atoms with van der Waals surface area (Å²) in [5.74, 6) is 0.152. The second kappa shape index (κ2) is 3.19. The fourth-order valence-corrected chi connectivity index (χ4v) is 1.51. The van der Waals surface area contributed by atoms with Crippen LogP contribution in [0.1, 0.15) is 31.1 Å². The molecule has 1 N–H and O–H groups in total. The van der Waals surface area contributed by atoms with Crippen molar-refractivity contribution in [3.63, 3.8) is 0 Å². The van der Waals surface area contributed by atoms with Gasteiger partial charge in [0.25, 0.3) is 0 Å². The molecule has 0 spiro atoms. The highest BCUT2D eigenvalue weighted by molar-refractivity contribution is 6.01. The molecule has 1 aromatic heterocycles. The van der Waals surface area contributed by atoms with Crippen molar-refractivity contribution < 1.29 is 4.79 Å². The molecule has 0 aliphatic carbocycles. The summed E-state index contributed by atoms with van der Waals surface area (Å²) >= 11 is 0. The Morgan fingerprint density at radius 3 is 2.73 bits per heavy atom. The van der Waals surface area contributed by atoms with Gasteiger partial charge in [-0.25, -0.2) is 4.98 Å². The molecule has 0 saturated carbocycles. The monoisotopic (exact) mass is 202 g/mol. The number of hydrogen-bond donors (Lipinski definition) is 1. The standard InChI is InChI=1S/C12H14N2O/c1-12(2,3)11(15)8-4-5-9-10(6-8)14-7-13-9/h4-7H,1-3H3,(H,13,14). The van der Waals surface area contributed by atoms with Gasteiger partial charge < -0.3 is 4.98 Å². The van der Waals surface area contributed by atoms with Gasteiger partial charge in [-0.15, -0.1) is 0 Å². The topological polar surface area (TPSA) is 45.8 Å². The minimum absolute atomic E-state index is 0.152. The summed E-state index contributed by atoms with van der Waals surface area (Å²) in [5.41, 5.74) is 2.19. The minimum atomic E-state index is -0.340. The summed E-state index contributed by atoms with van der Waals surface area (Å²) in [6, 6.07) is 5.55. The Morgan fingerprint density at radius 2 is 2.07 bits per heavy atom. The van der Waals surface area contributed by atoms with Crippen LogP contribution in [-0.2, 0) is 0 Å². The molecule has 0 aliphatic rings. The number of aromatic amines is 1. The summed E-state index contributed by atoms with van der Waals surface area (Å²) in [7, 11) is 0. The van der Waals surface area contributed by atoms with Gasteiger partial charge in [0, 0.05) is 11.0 Å². The summed E-state index contributed by atoms with van der Waals surface area (Å²) < 4.78 is 0. The second-order valence-corrected chi connectivity index (χ2v) is 4.71. The summed E-state index contributed by atoms with van der Waals surface area (Å²) in [4.78, 5) is 19.1. The van der Waals surface area contributed by atoms with E-state index in [1.54, 1.807) is 6.33 Å². The molecule has 3 nitrogen and oxygen atoms in total. The number of carbonyl (C=O) groups is 1. The van der Waals surface area contributed by atoms with E-state index >= 15 is 0 Å². The third-order valence-electron chi connectivity index (χ3n) is 2.36. The summed E-state index contributed by atoms with van der Waals surface area (Å²) in [6.45, 7) is 5.77. The highest BCUT2D eigenvalue weighted by Gasteiger charge is 2.22. The molecule has 0 unspecified atom stereocenters. The summed E-state index contributed by atoms with van der Waals surface area (Å²) in [5, 5.41) is 0. The quantitative estimate of drug-likeness (QED) is 0.723. The second-order valence-electron chi connectivity index (χ2n) is 4.71. The molecule has 0 fully saturated rings. The van der Waals surface area contributed by atoms with Crippen molar-refractivity contribution in [2.24, 2.45) is 5.41 Å². The first-order valence-corrected chi connectivity index (χ1v) is 4.96. The van der Waals surface area contributed by atoms with Gasteiger partial charge in [0.2, 0.25) is 0 Å². The third kappa shape index (κ3) is 1.77. The highest BCUT2D eigenvalue weighted by Crippen LogP contribution is 2.22. The fraction of sp³-hybridized carbons (Fsp3) is 0.333. The lowest BCUT2D eigenvalue weighted by Crippen LogP contribution is -2.19. The molecule has 2 aromatic rings. The van der Waals surface area contributed by atoms with Crippen molar-refractivity contribution in [2.75, 3.05) is 0 Å². The number of H-pyrrole nitrogens is 1. The lowest BCUT2D eigenvalue weighted by Gasteiger charge is -2.16. The maximum Gasteiger partial charge on any atom is 0.168 e. The zero-order valence-electron chi connectivity index (χ0n) is 9.16. The third-order valence-corrected chi connectivity index (χ3v) is 2.36. The molecule has 15 heavy (non-hydrogen) atoms. The van der Waals surface area contributed by atoms with Crippen LogP contribution in [0.5, 0.6) is 0 Å². The predicted octanol–water partition coefficient (Wildman–Crippen LogP) is 2.79. The smallest absolute Gasteiger partial charge is 0.168 e. The molecule has 0 radical (unpaired) electrons. The van der Waals surface area contributed by atoms with E-state index in [2.05, 4.69) is 9.97 Å². The van der Waals surface area contributed by atoms with Crippen LogP contribution in [0.2, 0.25) is 0 Å². The normalized spacial score (nSPS) is 11.9. The zero-order chi connectivity index (χ0) is 11.1. The Morgan fingerprint density at radius 1 is 1.33 bits per heavy atom. The largest absolute Gasteiger partial charge is 0.345 e. The maximum absolute atomic E-state index is 12.0. The molecule has 0 saturated heterocycles. The lowest BCUT2D eigenvalue weighted by molar-refractivity contribution is 0.0858. The minimum Gasteiger partial charge on any atom is -0.345 e. The average Bonchev–Trinajstić information content (AvgIpc) is 2.61. The molecule has 0 amide bonds. The van der Waals surface area contributed by atoms with Crippen LogP contribution in [0.4, 0.5) is 0 Å². The Kier molecular flexibility index (Phi) is 2.11. The van der Waals surface area contributed by atoms with E-state index in [0.717, 1.165) is 16.6 Å². The predicted molar refractivity (Wildman–Crippen MR) is 59.9 cm³/mol. The van der Waals surface area contributed by atoms with Crippen LogP contribution in [-0.4, -0.2) is 15.8 Å². The Hall–Kier alpha value is -1.64. The molecule has 0 atom stereocenters. The first-order valence-electron chi connectivity index (χ1n) is 4.96. The van der Waals surface area contributed by atoms with E-state index in [4.69, 9.17) is 0 Å².